The lowest BCUT2D eigenvalue weighted by Crippen LogP contribution is -2.31. The maximum Gasteiger partial charge on any atom is 0.243 e. The number of hydrogen-bond acceptors (Lipinski definition) is 6. The van der Waals surface area contributed by atoms with Crippen molar-refractivity contribution in [3.63, 3.8) is 0 Å². The molecule has 0 saturated heterocycles. The van der Waals surface area contributed by atoms with Crippen LogP contribution in [-0.4, -0.2) is 30.4 Å². The molecule has 168 valence electrons. The summed E-state index contributed by atoms with van der Waals surface area (Å²) in [5.74, 6) is 0.376. The van der Waals surface area contributed by atoms with Gasteiger partial charge in [0.2, 0.25) is 10.0 Å². The van der Waals surface area contributed by atoms with E-state index in [2.05, 4.69) is 18.8 Å². The molecule has 0 fully saturated rings. The molecular formula is C24H28N4O2S2. The molecule has 0 N–H and O–H groups in total. The van der Waals surface area contributed by atoms with Crippen LogP contribution in [0.5, 0.6) is 0 Å². The second-order valence-electron chi connectivity index (χ2n) is 8.81. The van der Waals surface area contributed by atoms with Crippen LogP contribution in [0.3, 0.4) is 0 Å². The Morgan fingerprint density at radius 1 is 1.06 bits per heavy atom. The first-order valence-corrected chi connectivity index (χ1v) is 13.0. The maximum absolute atomic E-state index is 13.4. The van der Waals surface area contributed by atoms with E-state index < -0.39 is 15.7 Å². The van der Waals surface area contributed by atoms with Crippen molar-refractivity contribution < 1.29 is 8.42 Å². The molecule has 32 heavy (non-hydrogen) atoms. The summed E-state index contributed by atoms with van der Waals surface area (Å²) in [6.07, 6.45) is 4.79. The van der Waals surface area contributed by atoms with Crippen molar-refractivity contribution in [2.24, 2.45) is 15.9 Å². The Kier molecular flexibility index (Phi) is 6.29. The van der Waals surface area contributed by atoms with E-state index in [1.807, 2.05) is 42.6 Å². The van der Waals surface area contributed by atoms with Gasteiger partial charge in [-0.15, -0.1) is 11.3 Å². The summed E-state index contributed by atoms with van der Waals surface area (Å²) in [5.41, 5.74) is 0.378. The number of benzene rings is 1. The quantitative estimate of drug-likeness (QED) is 0.505. The van der Waals surface area contributed by atoms with E-state index >= 15 is 0 Å². The second kappa shape index (κ2) is 8.84. The molecule has 2 aromatic heterocycles. The van der Waals surface area contributed by atoms with E-state index in [9.17, 15) is 8.42 Å². The van der Waals surface area contributed by atoms with Crippen molar-refractivity contribution in [3.05, 3.63) is 81.4 Å². The topological polar surface area (TPSA) is 75.0 Å². The molecule has 0 bridgehead atoms. The highest BCUT2D eigenvalue weighted by Gasteiger charge is 2.31. The fourth-order valence-corrected chi connectivity index (χ4v) is 6.35. The van der Waals surface area contributed by atoms with Crippen LogP contribution < -0.4 is 10.7 Å². The van der Waals surface area contributed by atoms with Crippen molar-refractivity contribution in [3.8, 4) is 0 Å². The molecule has 4 rings (SSSR count). The zero-order valence-electron chi connectivity index (χ0n) is 18.8. The minimum absolute atomic E-state index is 0.179. The van der Waals surface area contributed by atoms with Crippen molar-refractivity contribution >= 4 is 21.4 Å². The third kappa shape index (κ3) is 4.67. The lowest BCUT2D eigenvalue weighted by molar-refractivity contribution is 0.328. The van der Waals surface area contributed by atoms with Crippen LogP contribution in [0, 0.1) is 5.92 Å². The minimum atomic E-state index is -3.63. The smallest absolute Gasteiger partial charge is 0.243 e. The molecule has 0 amide bonds. The van der Waals surface area contributed by atoms with Gasteiger partial charge in [0, 0.05) is 24.5 Å². The Morgan fingerprint density at radius 2 is 1.78 bits per heavy atom. The zero-order valence-corrected chi connectivity index (χ0v) is 20.4. The van der Waals surface area contributed by atoms with Gasteiger partial charge in [0.25, 0.3) is 0 Å². The molecule has 0 saturated carbocycles. The molecule has 1 aliphatic heterocycles. The first-order chi connectivity index (χ1) is 15.2. The van der Waals surface area contributed by atoms with Gasteiger partial charge in [-0.25, -0.2) is 8.42 Å². The highest BCUT2D eigenvalue weighted by atomic mass is 32.2. The molecule has 2 unspecified atom stereocenters. The minimum Gasteiger partial charge on any atom is -0.262 e. The Balaban J connectivity index is 1.56. The van der Waals surface area contributed by atoms with Gasteiger partial charge in [-0.2, -0.15) is 4.31 Å². The van der Waals surface area contributed by atoms with E-state index in [4.69, 9.17) is 9.98 Å². The second-order valence-corrected chi connectivity index (χ2v) is 11.8. The lowest BCUT2D eigenvalue weighted by atomic mass is 10.0. The third-order valence-corrected chi connectivity index (χ3v) is 8.50. The molecule has 8 heteroatoms. The summed E-state index contributed by atoms with van der Waals surface area (Å²) in [5, 5.41) is 3.63. The van der Waals surface area contributed by atoms with Gasteiger partial charge in [0.1, 0.15) is 5.36 Å². The monoisotopic (exact) mass is 468 g/mol. The fraction of sp³-hybridized carbons (Fsp3) is 0.375. The maximum atomic E-state index is 13.4. The van der Waals surface area contributed by atoms with Gasteiger partial charge >= 0.3 is 0 Å². The summed E-state index contributed by atoms with van der Waals surface area (Å²) >= 11 is 1.60. The molecule has 1 aromatic carbocycles. The first kappa shape index (κ1) is 22.8. The molecule has 1 aliphatic rings. The zero-order chi connectivity index (χ0) is 22.9. The van der Waals surface area contributed by atoms with E-state index in [0.29, 0.717) is 17.2 Å². The number of nitrogens with zero attached hydrogens (tertiary/aromatic N) is 4. The molecular weight excluding hydrogens is 440 g/mol. The summed E-state index contributed by atoms with van der Waals surface area (Å²) in [6.45, 7) is 6.21. The summed E-state index contributed by atoms with van der Waals surface area (Å²) < 4.78 is 28.3. The predicted octanol–water partition coefficient (Wildman–Crippen LogP) is 3.76. The molecule has 3 heterocycles. The van der Waals surface area contributed by atoms with Crippen molar-refractivity contribution in [2.75, 3.05) is 7.05 Å². The third-order valence-electron chi connectivity index (χ3n) is 5.64. The van der Waals surface area contributed by atoms with Gasteiger partial charge in [-0.05, 0) is 54.5 Å². The highest BCUT2D eigenvalue weighted by molar-refractivity contribution is 7.89. The van der Waals surface area contributed by atoms with Crippen LogP contribution in [0.1, 0.15) is 43.7 Å². The van der Waals surface area contributed by atoms with Gasteiger partial charge in [0.15, 0.2) is 5.66 Å². The molecule has 3 aromatic rings. The Hall–Kier alpha value is -2.42. The van der Waals surface area contributed by atoms with E-state index in [0.717, 1.165) is 27.6 Å². The number of hydrogen-bond donors (Lipinski definition) is 0. The van der Waals surface area contributed by atoms with Crippen LogP contribution in [0.2, 0.25) is 0 Å². The van der Waals surface area contributed by atoms with Crippen molar-refractivity contribution in [1.82, 2.24) is 9.29 Å². The molecule has 0 radical (unpaired) electrons. The summed E-state index contributed by atoms with van der Waals surface area (Å²) in [7, 11) is -1.95. The average molecular weight is 469 g/mol. The summed E-state index contributed by atoms with van der Waals surface area (Å²) in [6, 6.07) is 12.8. The highest BCUT2D eigenvalue weighted by Crippen LogP contribution is 2.34. The van der Waals surface area contributed by atoms with Crippen LogP contribution in [-0.2, 0) is 16.4 Å². The average Bonchev–Trinajstić information content (AvgIpc) is 3.38. The van der Waals surface area contributed by atoms with Crippen LogP contribution in [0.4, 0.5) is 0 Å². The fourth-order valence-electron chi connectivity index (χ4n) is 4.05. The standard InChI is InChI=1S/C24H28N4O2S2/c1-17(2)14-22(23-6-5-13-31-23)28(4)32(29,30)19-9-7-18(8-10-19)15-24(3)26-20-11-12-25-16-21(20)27-24/h5-13,16-17,22H,14-15H2,1-4H3. The SMILES string of the molecule is CC(C)CC(c1cccs1)N(C)S(=O)(=O)c1ccc(CC2(C)N=c3ccncc3=N2)cc1. The van der Waals surface area contributed by atoms with Gasteiger partial charge in [0.05, 0.1) is 22.5 Å². The van der Waals surface area contributed by atoms with Gasteiger partial charge in [-0.1, -0.05) is 32.0 Å². The molecule has 0 aliphatic carbocycles. The van der Waals surface area contributed by atoms with Crippen molar-refractivity contribution in [1.29, 1.82) is 0 Å². The van der Waals surface area contributed by atoms with Crippen LogP contribution in [0.15, 0.2) is 75.1 Å². The number of pyridine rings is 1. The largest absolute Gasteiger partial charge is 0.262 e. The van der Waals surface area contributed by atoms with Gasteiger partial charge in [-0.3, -0.25) is 15.0 Å². The number of aromatic nitrogens is 1. The number of rotatable bonds is 8. The van der Waals surface area contributed by atoms with E-state index in [1.165, 1.54) is 4.31 Å². The Morgan fingerprint density at radius 3 is 2.41 bits per heavy atom. The van der Waals surface area contributed by atoms with Crippen LogP contribution >= 0.6 is 11.3 Å². The van der Waals surface area contributed by atoms with Crippen LogP contribution in [0.25, 0.3) is 0 Å². The summed E-state index contributed by atoms with van der Waals surface area (Å²) in [4.78, 5) is 14.9. The number of sulfonamides is 1. The Labute approximate surface area is 193 Å². The molecule has 6 nitrogen and oxygen atoms in total. The van der Waals surface area contributed by atoms with Gasteiger partial charge < -0.3 is 0 Å². The predicted molar refractivity (Wildman–Crippen MR) is 127 cm³/mol. The van der Waals surface area contributed by atoms with E-state index in [1.54, 1.807) is 42.9 Å². The Bertz CT molecular complexity index is 1270. The normalized spacial score (nSPS) is 18.9. The molecule has 2 atom stereocenters. The first-order valence-electron chi connectivity index (χ1n) is 10.7. The molecule has 0 spiro atoms. The lowest BCUT2D eigenvalue weighted by Gasteiger charge is -2.28. The number of fused-ring (bicyclic) bond motifs is 1. The van der Waals surface area contributed by atoms with Crippen molar-refractivity contribution in [2.45, 2.75) is 50.2 Å². The van der Waals surface area contributed by atoms with E-state index in [-0.39, 0.29) is 6.04 Å². The number of thiophene rings is 1.